The second-order valence-electron chi connectivity index (χ2n) is 1.40. The van der Waals surface area contributed by atoms with E-state index in [1.54, 1.807) is 0 Å². The Morgan fingerprint density at radius 3 is 1.67 bits per heavy atom. The molecule has 0 bridgehead atoms. The smallest absolute Gasteiger partial charge is 0 e. The van der Waals surface area contributed by atoms with E-state index in [0.29, 0.717) is 0 Å². The van der Waals surface area contributed by atoms with Crippen molar-refractivity contribution in [3.63, 3.8) is 0 Å². The summed E-state index contributed by atoms with van der Waals surface area (Å²) in [4.78, 5) is 0. The molecule has 3 radical (unpaired) electrons. The van der Waals surface area contributed by atoms with E-state index in [1.807, 2.05) is 0 Å². The maximum atomic E-state index is 2.24. The molecule has 0 N–H and O–H groups in total. The molecule has 6 heavy (non-hydrogen) atoms. The summed E-state index contributed by atoms with van der Waals surface area (Å²) in [5.41, 5.74) is 0. The molecule has 1 aliphatic rings. The van der Waals surface area contributed by atoms with Gasteiger partial charge in [-0.05, 0) is 25.7 Å². The molecule has 1 saturated carbocycles. The van der Waals surface area contributed by atoms with Crippen LogP contribution in [0.15, 0.2) is 0 Å². The van der Waals surface area contributed by atoms with Crippen LogP contribution in [-0.4, -0.2) is 27.3 Å². The summed E-state index contributed by atoms with van der Waals surface area (Å²) in [6.07, 6.45) is 8.50. The van der Waals surface area contributed by atoms with Crippen LogP contribution in [0.5, 0.6) is 0 Å². The summed E-state index contributed by atoms with van der Waals surface area (Å²) < 4.78 is 0. The van der Waals surface area contributed by atoms with Crippen molar-refractivity contribution in [3.8, 4) is 0 Å². The minimum absolute atomic E-state index is 0. The van der Waals surface area contributed by atoms with Crippen molar-refractivity contribution in [1.82, 2.24) is 0 Å². The van der Waals surface area contributed by atoms with Gasteiger partial charge in [0.2, 0.25) is 0 Å². The number of hydrogen-bond donors (Lipinski definition) is 0. The predicted molar refractivity (Wildman–Crippen MR) is 28.2 cm³/mol. The zero-order chi connectivity index (χ0) is 3.54. The zero-order valence-electron chi connectivity index (χ0n) is 3.85. The van der Waals surface area contributed by atoms with Gasteiger partial charge in [0.1, 0.15) is 0 Å². The molecule has 0 aromatic rings. The van der Waals surface area contributed by atoms with Crippen molar-refractivity contribution in [3.05, 3.63) is 12.8 Å². The second kappa shape index (κ2) is 4.09. The molecule has 0 nitrogen and oxygen atoms in total. The molecular weight excluding hydrogens is 264 g/mol. The second-order valence-corrected chi connectivity index (χ2v) is 1.40. The van der Waals surface area contributed by atoms with Crippen LogP contribution >= 0.6 is 0 Å². The van der Waals surface area contributed by atoms with Crippen LogP contribution in [0.3, 0.4) is 0 Å². The van der Waals surface area contributed by atoms with Crippen LogP contribution in [0.1, 0.15) is 19.3 Å². The monoisotopic (exact) mass is 273 g/mol. The first-order valence-corrected chi connectivity index (χ1v) is 2.15. The third-order valence-electron chi connectivity index (χ3n) is 0.908. The summed E-state index contributed by atoms with van der Waals surface area (Å²) >= 11 is 0. The van der Waals surface area contributed by atoms with Gasteiger partial charge < -0.3 is 0 Å². The van der Waals surface area contributed by atoms with E-state index >= 15 is 0 Å². The fraction of sp³-hybridized carbons (Fsp3) is 0.600. The average Bonchev–Trinajstić information content (AvgIpc) is 1.76. The fourth-order valence-corrected chi connectivity index (χ4v) is 0.589. The zero-order valence-corrected chi connectivity index (χ0v) is 8.34. The largest absolute Gasteiger partial charge is 0.0527 e. The van der Waals surface area contributed by atoms with Gasteiger partial charge in [-0.3, -0.25) is 0 Å². The van der Waals surface area contributed by atoms with Crippen LogP contribution < -0.4 is 0 Å². The third kappa shape index (κ3) is 2.16. The van der Waals surface area contributed by atoms with Crippen molar-refractivity contribution in [2.75, 3.05) is 0 Å². The fourth-order valence-electron chi connectivity index (χ4n) is 0.589. The van der Waals surface area contributed by atoms with Gasteiger partial charge in [0.05, 0.1) is 0 Å². The SMILES string of the molecule is [CH]1[CH]CCC1.[Tl]. The summed E-state index contributed by atoms with van der Waals surface area (Å²) in [6.45, 7) is 0. The van der Waals surface area contributed by atoms with Crippen LogP contribution in [0, 0.1) is 12.8 Å². The first kappa shape index (κ1) is 6.92. The molecule has 0 unspecified atom stereocenters. The van der Waals surface area contributed by atoms with Gasteiger partial charge in [0.25, 0.3) is 0 Å². The van der Waals surface area contributed by atoms with E-state index in [2.05, 4.69) is 12.8 Å². The summed E-state index contributed by atoms with van der Waals surface area (Å²) in [5, 5.41) is 0. The molecule has 0 aliphatic heterocycles. The van der Waals surface area contributed by atoms with Gasteiger partial charge >= 0.3 is 0 Å². The average molecular weight is 273 g/mol. The molecule has 0 spiro atoms. The molecule has 1 fully saturated rings. The Bertz CT molecular complexity index is 15.5. The normalized spacial score (nSPS) is 20.0. The van der Waals surface area contributed by atoms with Crippen LogP contribution in [0.4, 0.5) is 0 Å². The quantitative estimate of drug-likeness (QED) is 0.581. The van der Waals surface area contributed by atoms with Gasteiger partial charge in [-0.2, -0.15) is 0 Å². The van der Waals surface area contributed by atoms with Gasteiger partial charge in [0, 0.05) is 27.3 Å². The first-order valence-electron chi connectivity index (χ1n) is 2.15. The maximum Gasteiger partial charge on any atom is 0 e. The van der Waals surface area contributed by atoms with Crippen molar-refractivity contribution >= 4 is 27.3 Å². The van der Waals surface area contributed by atoms with E-state index in [-0.39, 0.29) is 27.3 Å². The molecule has 0 heterocycles. The van der Waals surface area contributed by atoms with E-state index in [1.165, 1.54) is 19.3 Å². The number of hydrogen-bond acceptors (Lipinski definition) is 0. The molecule has 31 valence electrons. The van der Waals surface area contributed by atoms with Gasteiger partial charge in [-0.25, -0.2) is 0 Å². The number of rotatable bonds is 0. The molecule has 1 rings (SSSR count). The van der Waals surface area contributed by atoms with Crippen LogP contribution in [0.25, 0.3) is 0 Å². The van der Waals surface area contributed by atoms with E-state index in [4.69, 9.17) is 0 Å². The molecule has 0 saturated heterocycles. The van der Waals surface area contributed by atoms with Crippen LogP contribution in [-0.2, 0) is 0 Å². The summed E-state index contributed by atoms with van der Waals surface area (Å²) in [6, 6.07) is 0. The predicted octanol–water partition coefficient (Wildman–Crippen LogP) is 1.20. The molecule has 0 amide bonds. The minimum Gasteiger partial charge on any atom is -0.0527 e. The van der Waals surface area contributed by atoms with Gasteiger partial charge in [0.15, 0.2) is 0 Å². The Morgan fingerprint density at radius 2 is 1.50 bits per heavy atom. The Balaban J connectivity index is 0.000000250. The topological polar surface area (TPSA) is 0 Å². The van der Waals surface area contributed by atoms with Gasteiger partial charge in [-0.1, -0.05) is 6.42 Å². The molecule has 0 aromatic carbocycles. The molecule has 0 aromatic heterocycles. The Labute approximate surface area is 59.5 Å². The van der Waals surface area contributed by atoms with Gasteiger partial charge in [-0.15, -0.1) is 0 Å². The van der Waals surface area contributed by atoms with E-state index in [0.717, 1.165) is 0 Å². The summed E-state index contributed by atoms with van der Waals surface area (Å²) in [5.74, 6) is 0. The van der Waals surface area contributed by atoms with Crippen molar-refractivity contribution < 1.29 is 0 Å². The minimum atomic E-state index is 0. The van der Waals surface area contributed by atoms with Crippen LogP contribution in [0.2, 0.25) is 0 Å². The van der Waals surface area contributed by atoms with E-state index in [9.17, 15) is 0 Å². The molecule has 0 atom stereocenters. The Hall–Kier alpha value is 0.922. The first-order chi connectivity index (χ1) is 2.50. The summed E-state index contributed by atoms with van der Waals surface area (Å²) in [7, 11) is 0. The van der Waals surface area contributed by atoms with Crippen molar-refractivity contribution in [1.29, 1.82) is 0 Å². The Morgan fingerprint density at radius 1 is 1.00 bits per heavy atom. The molecule has 1 aliphatic carbocycles. The molecular formula is C5H8Tl. The standard InChI is InChI=1S/C5H8.Tl/c1-2-4-5-3-1;/h1-2H,3-5H2;. The molecule has 1 heteroatoms. The van der Waals surface area contributed by atoms with Crippen molar-refractivity contribution in [2.24, 2.45) is 0 Å². The third-order valence-corrected chi connectivity index (χ3v) is 0.908. The van der Waals surface area contributed by atoms with E-state index < -0.39 is 0 Å². The maximum absolute atomic E-state index is 2.24. The Kier molecular flexibility index (Phi) is 4.72. The van der Waals surface area contributed by atoms with Crippen molar-refractivity contribution in [2.45, 2.75) is 19.3 Å².